The molecule has 14 heavy (non-hydrogen) atoms. The van der Waals surface area contributed by atoms with Gasteiger partial charge in [-0.3, -0.25) is 0 Å². The number of rotatable bonds is 1. The van der Waals surface area contributed by atoms with Gasteiger partial charge < -0.3 is 5.73 Å². The van der Waals surface area contributed by atoms with Crippen LogP contribution in [-0.4, -0.2) is 0 Å². The summed E-state index contributed by atoms with van der Waals surface area (Å²) in [5.41, 5.74) is 7.50. The molecule has 4 heteroatoms. The number of fused-ring (bicyclic) bond motifs is 1. The predicted molar refractivity (Wildman–Crippen MR) is 62.8 cm³/mol. The van der Waals surface area contributed by atoms with Crippen molar-refractivity contribution in [3.8, 4) is 6.07 Å². The van der Waals surface area contributed by atoms with Crippen LogP contribution in [0.2, 0.25) is 0 Å². The summed E-state index contributed by atoms with van der Waals surface area (Å²) in [6.07, 6.45) is 0.356. The van der Waals surface area contributed by atoms with Gasteiger partial charge in [0.05, 0.1) is 17.2 Å². The summed E-state index contributed by atoms with van der Waals surface area (Å²) in [5.74, 6) is 0. The van der Waals surface area contributed by atoms with Gasteiger partial charge >= 0.3 is 0 Å². The van der Waals surface area contributed by atoms with Gasteiger partial charge in [0.15, 0.2) is 0 Å². The molecule has 0 aliphatic rings. The maximum atomic E-state index is 8.64. The summed E-state index contributed by atoms with van der Waals surface area (Å²) in [6.45, 7) is 0. The van der Waals surface area contributed by atoms with E-state index >= 15 is 0 Å². The van der Waals surface area contributed by atoms with E-state index in [0.717, 1.165) is 26.2 Å². The smallest absolute Gasteiger partial charge is 0.0670 e. The van der Waals surface area contributed by atoms with Crippen LogP contribution in [0.4, 0.5) is 5.69 Å². The molecular formula is C10H8N2S2. The van der Waals surface area contributed by atoms with Gasteiger partial charge in [-0.05, 0) is 23.1 Å². The summed E-state index contributed by atoms with van der Waals surface area (Å²) in [7, 11) is 0. The number of nitrogens with zero attached hydrogens (tertiary/aromatic N) is 1. The number of anilines is 1. The van der Waals surface area contributed by atoms with E-state index < -0.39 is 0 Å². The van der Waals surface area contributed by atoms with Crippen molar-refractivity contribution in [3.05, 3.63) is 23.1 Å². The standard InChI is InChI=1S/C10H8N2S2/c11-3-1-6-5-8(12)10-7(9(6)13)2-4-14-10/h2,4-5,13H,1,12H2. The van der Waals surface area contributed by atoms with Gasteiger partial charge in [-0.25, -0.2) is 0 Å². The number of hydrogen-bond donors (Lipinski definition) is 2. The quantitative estimate of drug-likeness (QED) is 0.573. The molecule has 0 bridgehead atoms. The molecule has 0 saturated carbocycles. The summed E-state index contributed by atoms with van der Waals surface area (Å²) >= 11 is 6.01. The molecule has 70 valence electrons. The van der Waals surface area contributed by atoms with Gasteiger partial charge in [-0.15, -0.1) is 24.0 Å². The highest BCUT2D eigenvalue weighted by atomic mass is 32.1. The summed E-state index contributed by atoms with van der Waals surface area (Å²) in [4.78, 5) is 0.872. The highest BCUT2D eigenvalue weighted by molar-refractivity contribution is 7.80. The van der Waals surface area contributed by atoms with Gasteiger partial charge in [0, 0.05) is 16.0 Å². The molecule has 0 unspecified atom stereocenters. The van der Waals surface area contributed by atoms with Crippen LogP contribution >= 0.6 is 24.0 Å². The monoisotopic (exact) mass is 220 g/mol. The molecule has 2 rings (SSSR count). The first-order valence-electron chi connectivity index (χ1n) is 4.08. The minimum Gasteiger partial charge on any atom is -0.398 e. The van der Waals surface area contributed by atoms with Crippen molar-refractivity contribution in [2.75, 3.05) is 5.73 Å². The molecule has 2 N–H and O–H groups in total. The Morgan fingerprint density at radius 2 is 2.36 bits per heavy atom. The summed E-state index contributed by atoms with van der Waals surface area (Å²) in [6, 6.07) is 5.93. The van der Waals surface area contributed by atoms with E-state index in [1.54, 1.807) is 11.3 Å². The van der Waals surface area contributed by atoms with Crippen LogP contribution in [0.15, 0.2) is 22.4 Å². The third-order valence-electron chi connectivity index (χ3n) is 2.09. The van der Waals surface area contributed by atoms with Crippen molar-refractivity contribution >= 4 is 39.7 Å². The van der Waals surface area contributed by atoms with Crippen molar-refractivity contribution in [1.82, 2.24) is 0 Å². The molecule has 2 aromatic rings. The lowest BCUT2D eigenvalue weighted by atomic mass is 10.1. The Balaban J connectivity index is 2.76. The Hall–Kier alpha value is -1.18. The summed E-state index contributed by atoms with van der Waals surface area (Å²) < 4.78 is 1.05. The van der Waals surface area contributed by atoms with Gasteiger partial charge in [-0.2, -0.15) is 5.26 Å². The van der Waals surface area contributed by atoms with Crippen molar-refractivity contribution in [1.29, 1.82) is 5.26 Å². The number of thiol groups is 1. The number of nitriles is 1. The molecule has 2 nitrogen and oxygen atoms in total. The highest BCUT2D eigenvalue weighted by Gasteiger charge is 2.08. The number of benzene rings is 1. The second-order valence-electron chi connectivity index (χ2n) is 2.97. The third-order valence-corrected chi connectivity index (χ3v) is 3.58. The maximum absolute atomic E-state index is 8.64. The molecule has 1 aromatic heterocycles. The van der Waals surface area contributed by atoms with Crippen LogP contribution in [0, 0.1) is 11.3 Å². The molecule has 0 radical (unpaired) electrons. The zero-order valence-electron chi connectivity index (χ0n) is 7.32. The molecule has 1 heterocycles. The van der Waals surface area contributed by atoms with Crippen molar-refractivity contribution in [3.63, 3.8) is 0 Å². The van der Waals surface area contributed by atoms with E-state index in [2.05, 4.69) is 18.7 Å². The highest BCUT2D eigenvalue weighted by Crippen LogP contribution is 2.34. The zero-order chi connectivity index (χ0) is 10.1. The Labute approximate surface area is 91.4 Å². The molecule has 0 saturated heterocycles. The fraction of sp³-hybridized carbons (Fsp3) is 0.100. The van der Waals surface area contributed by atoms with E-state index in [9.17, 15) is 0 Å². The minimum absolute atomic E-state index is 0.356. The third kappa shape index (κ3) is 1.35. The predicted octanol–water partition coefficient (Wildman–Crippen LogP) is 2.84. The average molecular weight is 220 g/mol. The minimum atomic E-state index is 0.356. The molecule has 0 fully saturated rings. The van der Waals surface area contributed by atoms with E-state index in [0.29, 0.717) is 6.42 Å². The normalized spacial score (nSPS) is 10.3. The SMILES string of the molecule is N#CCc1cc(N)c2sccc2c1S. The Bertz CT molecular complexity index is 523. The lowest BCUT2D eigenvalue weighted by molar-refractivity contribution is 1.21. The molecule has 0 atom stereocenters. The Morgan fingerprint density at radius 3 is 3.07 bits per heavy atom. The van der Waals surface area contributed by atoms with Crippen LogP contribution in [0.1, 0.15) is 5.56 Å². The van der Waals surface area contributed by atoms with E-state index in [4.69, 9.17) is 11.0 Å². The molecular weight excluding hydrogens is 212 g/mol. The molecule has 0 amide bonds. The van der Waals surface area contributed by atoms with Crippen molar-refractivity contribution < 1.29 is 0 Å². The number of nitrogen functional groups attached to an aromatic ring is 1. The van der Waals surface area contributed by atoms with Crippen molar-refractivity contribution in [2.24, 2.45) is 0 Å². The molecule has 0 spiro atoms. The largest absolute Gasteiger partial charge is 0.398 e. The van der Waals surface area contributed by atoms with Crippen LogP contribution in [-0.2, 0) is 6.42 Å². The van der Waals surface area contributed by atoms with E-state index in [-0.39, 0.29) is 0 Å². The Kier molecular flexibility index (Phi) is 2.36. The van der Waals surface area contributed by atoms with Crippen LogP contribution in [0.3, 0.4) is 0 Å². The van der Waals surface area contributed by atoms with Gasteiger partial charge in [-0.1, -0.05) is 0 Å². The van der Waals surface area contributed by atoms with Crippen molar-refractivity contribution in [2.45, 2.75) is 11.3 Å². The second kappa shape index (κ2) is 3.52. The average Bonchev–Trinajstić information content (AvgIpc) is 2.63. The van der Waals surface area contributed by atoms with Crippen LogP contribution in [0.5, 0.6) is 0 Å². The second-order valence-corrected chi connectivity index (χ2v) is 4.34. The lowest BCUT2D eigenvalue weighted by Crippen LogP contribution is -1.91. The first-order chi connectivity index (χ1) is 6.74. The number of nitrogens with two attached hydrogens (primary N) is 1. The summed E-state index contributed by atoms with van der Waals surface area (Å²) in [5, 5.41) is 11.7. The maximum Gasteiger partial charge on any atom is 0.0670 e. The molecule has 0 aliphatic heterocycles. The van der Waals surface area contributed by atoms with Crippen LogP contribution in [0.25, 0.3) is 10.1 Å². The molecule has 0 aliphatic carbocycles. The van der Waals surface area contributed by atoms with Crippen LogP contribution < -0.4 is 5.73 Å². The van der Waals surface area contributed by atoms with Gasteiger partial charge in [0.2, 0.25) is 0 Å². The first-order valence-corrected chi connectivity index (χ1v) is 5.41. The van der Waals surface area contributed by atoms with E-state index in [1.165, 1.54) is 0 Å². The zero-order valence-corrected chi connectivity index (χ0v) is 9.03. The Morgan fingerprint density at radius 1 is 1.57 bits per heavy atom. The number of thiophene rings is 1. The van der Waals surface area contributed by atoms with Gasteiger partial charge in [0.1, 0.15) is 0 Å². The van der Waals surface area contributed by atoms with Gasteiger partial charge in [0.25, 0.3) is 0 Å². The first kappa shape index (κ1) is 9.38. The number of hydrogen-bond acceptors (Lipinski definition) is 4. The van der Waals surface area contributed by atoms with E-state index in [1.807, 2.05) is 17.5 Å². The lowest BCUT2D eigenvalue weighted by Gasteiger charge is -2.04. The molecule has 1 aromatic carbocycles. The topological polar surface area (TPSA) is 49.8 Å². The fourth-order valence-corrected chi connectivity index (χ4v) is 2.67. The fourth-order valence-electron chi connectivity index (χ4n) is 1.43.